The number of aromatic nitrogens is 4. The molecule has 0 radical (unpaired) electrons. The van der Waals surface area contributed by atoms with Crippen LogP contribution in [0.15, 0.2) is 42.0 Å². The van der Waals surface area contributed by atoms with Gasteiger partial charge in [0, 0.05) is 10.8 Å². The minimum atomic E-state index is -0.637. The third-order valence-electron chi connectivity index (χ3n) is 15.5. The second kappa shape index (κ2) is 11.9. The highest BCUT2D eigenvalue weighted by atomic mass is 16.5. The topological polar surface area (TPSA) is 151 Å². The Balaban J connectivity index is 1.29. The number of fused-ring (bicyclic) bond motifs is 3. The summed E-state index contributed by atoms with van der Waals surface area (Å²) in [4.78, 5) is 15.1. The van der Waals surface area contributed by atoms with Gasteiger partial charge in [0.25, 0.3) is 5.95 Å². The minimum Gasteiger partial charge on any atom is -0.481 e. The predicted octanol–water partition coefficient (Wildman–Crippen LogP) is 6.47. The van der Waals surface area contributed by atoms with Crippen molar-refractivity contribution in [1.82, 2.24) is 20.2 Å². The van der Waals surface area contributed by atoms with E-state index in [9.17, 15) is 9.90 Å². The fourth-order valence-electron chi connectivity index (χ4n) is 12.5. The molecule has 2 aromatic rings. The van der Waals surface area contributed by atoms with Gasteiger partial charge in [-0.25, -0.2) is 0 Å². The molecule has 0 spiro atoms. The van der Waals surface area contributed by atoms with Crippen LogP contribution in [0.4, 0.5) is 5.95 Å². The van der Waals surface area contributed by atoms with Gasteiger partial charge in [-0.15, -0.1) is 5.10 Å². The summed E-state index contributed by atoms with van der Waals surface area (Å²) in [6.45, 7) is 17.7. The highest BCUT2D eigenvalue weighted by molar-refractivity contribution is 5.73. The Kier molecular flexibility index (Phi) is 8.39. The van der Waals surface area contributed by atoms with Crippen LogP contribution >= 0.6 is 0 Å². The van der Waals surface area contributed by atoms with Crippen molar-refractivity contribution in [3.05, 3.63) is 47.5 Å². The van der Waals surface area contributed by atoms with E-state index in [1.165, 1.54) is 5.57 Å². The van der Waals surface area contributed by atoms with Crippen molar-refractivity contribution < 1.29 is 19.4 Å². The molecule has 1 aliphatic heterocycles. The van der Waals surface area contributed by atoms with Crippen molar-refractivity contribution in [2.24, 2.45) is 62.4 Å². The van der Waals surface area contributed by atoms with Gasteiger partial charge >= 0.3 is 5.97 Å². The molecule has 49 heavy (non-hydrogen) atoms. The molecule has 10 heteroatoms. The summed E-state index contributed by atoms with van der Waals surface area (Å²) in [5.74, 6) is 0.393. The van der Waals surface area contributed by atoms with E-state index in [0.29, 0.717) is 37.6 Å². The summed E-state index contributed by atoms with van der Waals surface area (Å²) in [5.41, 5.74) is 13.9. The maximum Gasteiger partial charge on any atom is 0.307 e. The summed E-state index contributed by atoms with van der Waals surface area (Å²) in [5, 5.41) is 24.1. The van der Waals surface area contributed by atoms with Crippen LogP contribution in [-0.2, 0) is 14.3 Å². The molecule has 2 bridgehead atoms. The Morgan fingerprint density at radius 1 is 1.08 bits per heavy atom. The smallest absolute Gasteiger partial charge is 0.307 e. The summed E-state index contributed by atoms with van der Waals surface area (Å²) in [6.07, 6.45) is 7.73. The third kappa shape index (κ3) is 4.90. The van der Waals surface area contributed by atoms with Gasteiger partial charge in [-0.3, -0.25) is 4.79 Å². The second-order valence-electron chi connectivity index (χ2n) is 17.9. The van der Waals surface area contributed by atoms with Crippen molar-refractivity contribution in [3.63, 3.8) is 0 Å². The Bertz CT molecular complexity index is 1600. The molecule has 2 heterocycles. The Morgan fingerprint density at radius 2 is 1.82 bits per heavy atom. The van der Waals surface area contributed by atoms with Crippen LogP contribution in [0.25, 0.3) is 0 Å². The monoisotopic (exact) mass is 674 g/mol. The maximum absolute atomic E-state index is 13.4. The van der Waals surface area contributed by atoms with Gasteiger partial charge in [-0.2, -0.15) is 4.80 Å². The zero-order chi connectivity index (χ0) is 35.1. The van der Waals surface area contributed by atoms with Gasteiger partial charge in [-0.05, 0) is 89.2 Å². The van der Waals surface area contributed by atoms with Crippen molar-refractivity contribution in [2.45, 2.75) is 105 Å². The van der Waals surface area contributed by atoms with Gasteiger partial charge < -0.3 is 26.0 Å². The lowest BCUT2D eigenvalue weighted by atomic mass is 9.34. The number of allylic oxidation sites excluding steroid dienone is 1. The van der Waals surface area contributed by atoms with E-state index >= 15 is 0 Å². The average molecular weight is 675 g/mol. The molecule has 0 amide bonds. The summed E-state index contributed by atoms with van der Waals surface area (Å²) < 4.78 is 13.6. The van der Waals surface area contributed by atoms with Crippen molar-refractivity contribution >= 4 is 11.9 Å². The molecule has 7 rings (SSSR count). The number of ether oxygens (including phenoxy) is 2. The molecule has 4 fully saturated rings. The van der Waals surface area contributed by atoms with E-state index in [1.54, 1.807) is 4.80 Å². The van der Waals surface area contributed by atoms with Crippen LogP contribution in [-0.4, -0.2) is 57.2 Å². The van der Waals surface area contributed by atoms with Gasteiger partial charge in [0.15, 0.2) is 0 Å². The van der Waals surface area contributed by atoms with E-state index in [-0.39, 0.29) is 57.1 Å². The molecule has 1 aromatic carbocycles. The number of carboxylic acid groups (broad SMARTS) is 1. The zero-order valence-corrected chi connectivity index (χ0v) is 30.6. The summed E-state index contributed by atoms with van der Waals surface area (Å²) in [6, 6.07) is 9.59. The fraction of sp³-hybridized carbons (Fsp3) is 0.744. The molecule has 4 aliphatic carbocycles. The molecule has 268 valence electrons. The number of nitrogen functional groups attached to an aromatic ring is 1. The van der Waals surface area contributed by atoms with E-state index in [1.807, 2.05) is 30.3 Å². The van der Waals surface area contributed by atoms with Gasteiger partial charge in [-0.1, -0.05) is 95.5 Å². The average Bonchev–Trinajstić information content (AvgIpc) is 3.50. The number of hydrogen-bond donors (Lipinski definition) is 3. The van der Waals surface area contributed by atoms with Crippen LogP contribution < -0.4 is 11.5 Å². The number of anilines is 1. The maximum atomic E-state index is 13.4. The molecule has 1 aromatic heterocycles. The van der Waals surface area contributed by atoms with Gasteiger partial charge in [0.05, 0.1) is 37.9 Å². The Morgan fingerprint density at radius 3 is 2.47 bits per heavy atom. The summed E-state index contributed by atoms with van der Waals surface area (Å²) in [7, 11) is 0. The van der Waals surface area contributed by atoms with Crippen molar-refractivity contribution in [2.75, 3.05) is 25.6 Å². The number of rotatable bonds is 8. The third-order valence-corrected chi connectivity index (χ3v) is 15.5. The first kappa shape index (κ1) is 34.6. The Hall–Kier alpha value is -2.82. The lowest BCUT2D eigenvalue weighted by molar-refractivity contribution is -0.252. The molecule has 3 saturated carbocycles. The highest BCUT2D eigenvalue weighted by Crippen LogP contribution is 2.75. The number of nitrogens with two attached hydrogens (primary N) is 2. The largest absolute Gasteiger partial charge is 0.481 e. The summed E-state index contributed by atoms with van der Waals surface area (Å²) >= 11 is 0. The SMILES string of the molecule is CC(C)[C@@H](C)[C@@]1(C)CC[C@]2(C)C3CC[C@@H]4[C@@]5(COC[C@@]4(C)[C@@H](OC[C@H](N)c4ccccc4)[C@H](n4nnc(N)n4)C5)C3=CC[C@@]2(C)[C@@H]1C(=O)O. The van der Waals surface area contributed by atoms with Gasteiger partial charge in [0.1, 0.15) is 6.04 Å². The molecular formula is C39H58N6O4. The fourth-order valence-corrected chi connectivity index (χ4v) is 12.5. The van der Waals surface area contributed by atoms with Crippen LogP contribution in [0, 0.1) is 56.7 Å². The first-order valence-electron chi connectivity index (χ1n) is 18.6. The van der Waals surface area contributed by atoms with Crippen LogP contribution in [0.1, 0.15) is 105 Å². The zero-order valence-electron chi connectivity index (χ0n) is 30.6. The molecular weight excluding hydrogens is 616 g/mol. The predicted molar refractivity (Wildman–Crippen MR) is 188 cm³/mol. The number of nitrogens with zero attached hydrogens (tertiary/aromatic N) is 4. The van der Waals surface area contributed by atoms with E-state index in [2.05, 4.69) is 70.0 Å². The first-order chi connectivity index (χ1) is 23.1. The second-order valence-corrected chi connectivity index (χ2v) is 17.9. The number of hydrogen-bond acceptors (Lipinski definition) is 8. The lowest BCUT2D eigenvalue weighted by Gasteiger charge is -2.71. The molecule has 12 atom stereocenters. The molecule has 5 N–H and O–H groups in total. The molecule has 5 aliphatic rings. The van der Waals surface area contributed by atoms with Gasteiger partial charge in [0.2, 0.25) is 0 Å². The van der Waals surface area contributed by atoms with Crippen molar-refractivity contribution in [3.8, 4) is 0 Å². The highest BCUT2D eigenvalue weighted by Gasteiger charge is 2.72. The number of benzene rings is 1. The van der Waals surface area contributed by atoms with Crippen molar-refractivity contribution in [1.29, 1.82) is 0 Å². The van der Waals surface area contributed by atoms with E-state index in [0.717, 1.165) is 44.1 Å². The van der Waals surface area contributed by atoms with Crippen LogP contribution in [0.5, 0.6) is 0 Å². The standard InChI is InChI=1S/C39H58N6O4/c1-23(2)24(3)35(4)17-18-37(6)26-13-14-30-36(5)21-48-22-39(30,27(26)15-16-38(37,7)31(35)33(46)47)19-29(45-43-34(41)42-44-45)32(36)49-20-28(40)25-11-9-8-10-12-25/h8-12,15,23-24,26,28-32H,13-14,16-22,40H2,1-7H3,(H2,41,43)(H,46,47)/t24-,26?,28+,29-,30+,31-,32+,35-,36-,37-,38+,39+/m1/s1. The van der Waals surface area contributed by atoms with Crippen LogP contribution in [0.2, 0.25) is 0 Å². The number of carboxylic acids is 1. The lowest BCUT2D eigenvalue weighted by Crippen LogP contribution is -2.69. The number of carbonyl (C=O) groups is 1. The minimum absolute atomic E-state index is 0.146. The number of tetrazole rings is 1. The molecule has 1 unspecified atom stereocenters. The normalized spacial score (nSPS) is 42.7. The van der Waals surface area contributed by atoms with E-state index in [4.69, 9.17) is 20.9 Å². The van der Waals surface area contributed by atoms with E-state index < -0.39 is 11.9 Å². The quantitative estimate of drug-likeness (QED) is 0.268. The Labute approximate surface area is 291 Å². The first-order valence-corrected chi connectivity index (χ1v) is 18.6. The van der Waals surface area contributed by atoms with Crippen LogP contribution in [0.3, 0.4) is 0 Å². The molecule has 10 nitrogen and oxygen atoms in total. The molecule has 1 saturated heterocycles. The number of aliphatic carboxylic acids is 1.